The van der Waals surface area contributed by atoms with E-state index in [1.807, 2.05) is 0 Å². The second-order valence-electron chi connectivity index (χ2n) is 15.5. The third-order valence-electron chi connectivity index (χ3n) is 10.2. The van der Waals surface area contributed by atoms with Gasteiger partial charge in [0.05, 0.1) is 6.04 Å². The monoisotopic (exact) mass is 797 g/mol. The zero-order valence-corrected chi connectivity index (χ0v) is 35.1. The van der Waals surface area contributed by atoms with Crippen molar-refractivity contribution in [2.45, 2.75) is 204 Å². The molecule has 4 amide bonds. The van der Waals surface area contributed by atoms with E-state index in [9.17, 15) is 29.1 Å². The van der Waals surface area contributed by atoms with Crippen molar-refractivity contribution < 1.29 is 29.1 Å². The Balaban J connectivity index is 3.94. The van der Waals surface area contributed by atoms with Gasteiger partial charge in [0.25, 0.3) is 0 Å². The molecule has 14 nitrogen and oxygen atoms in total. The summed E-state index contributed by atoms with van der Waals surface area (Å²) in [4.78, 5) is 61.1. The maximum Gasteiger partial charge on any atom is 0.326 e. The van der Waals surface area contributed by atoms with Gasteiger partial charge in [-0.1, -0.05) is 96.3 Å². The summed E-state index contributed by atoms with van der Waals surface area (Å²) in [6.07, 6.45) is 26.1. The molecule has 0 unspecified atom stereocenters. The predicted octanol–water partition coefficient (Wildman–Crippen LogP) is 4.79. The Kier molecular flexibility index (Phi) is 37.1. The van der Waals surface area contributed by atoms with Crippen LogP contribution < -0.4 is 44.2 Å². The lowest BCUT2D eigenvalue weighted by molar-refractivity contribution is -0.142. The van der Waals surface area contributed by atoms with Gasteiger partial charge >= 0.3 is 5.97 Å². The normalized spacial score (nSPS) is 12.8. The van der Waals surface area contributed by atoms with Gasteiger partial charge in [-0.3, -0.25) is 19.2 Å². The van der Waals surface area contributed by atoms with Crippen molar-refractivity contribution in [1.29, 1.82) is 0 Å². The highest BCUT2D eigenvalue weighted by molar-refractivity contribution is 5.87. The Hall–Kier alpha value is -2.81. The van der Waals surface area contributed by atoms with Crippen LogP contribution in [0.1, 0.15) is 186 Å². The molecule has 0 saturated carbocycles. The zero-order chi connectivity index (χ0) is 41.5. The number of aliphatic carboxylic acids is 1. The molecule has 0 rings (SSSR count). The van der Waals surface area contributed by atoms with Crippen molar-refractivity contribution in [3.63, 3.8) is 0 Å². The van der Waals surface area contributed by atoms with Crippen LogP contribution in [0.2, 0.25) is 0 Å². The van der Waals surface area contributed by atoms with Gasteiger partial charge < -0.3 is 49.3 Å². The lowest BCUT2D eigenvalue weighted by atomic mass is 10.1. The van der Waals surface area contributed by atoms with Gasteiger partial charge in [-0.25, -0.2) is 4.79 Å². The Morgan fingerprint density at radius 1 is 0.411 bits per heavy atom. The Morgan fingerprint density at radius 3 is 1.16 bits per heavy atom. The van der Waals surface area contributed by atoms with Gasteiger partial charge in [0.1, 0.15) is 12.1 Å². The van der Waals surface area contributed by atoms with Crippen LogP contribution in [-0.2, 0) is 24.0 Å². The van der Waals surface area contributed by atoms with E-state index in [0.717, 1.165) is 135 Å². The van der Waals surface area contributed by atoms with Gasteiger partial charge in [0.15, 0.2) is 0 Å². The Labute approximate surface area is 339 Å². The molecule has 0 bridgehead atoms. The molecule has 0 aliphatic rings. The summed E-state index contributed by atoms with van der Waals surface area (Å²) in [5.74, 6) is -1.44. The summed E-state index contributed by atoms with van der Waals surface area (Å²) >= 11 is 0. The highest BCUT2D eigenvalue weighted by Gasteiger charge is 2.20. The van der Waals surface area contributed by atoms with Crippen LogP contribution in [0.3, 0.4) is 0 Å². The van der Waals surface area contributed by atoms with Crippen molar-refractivity contribution in [3.8, 4) is 0 Å². The van der Waals surface area contributed by atoms with E-state index >= 15 is 0 Å². The maximum atomic E-state index is 12.9. The highest BCUT2D eigenvalue weighted by Crippen LogP contribution is 2.13. The molecule has 0 fully saturated rings. The average molecular weight is 797 g/mol. The molecular weight excluding hydrogens is 713 g/mol. The third-order valence-corrected chi connectivity index (χ3v) is 10.2. The zero-order valence-electron chi connectivity index (χ0n) is 35.1. The largest absolute Gasteiger partial charge is 0.480 e. The fourth-order valence-corrected chi connectivity index (χ4v) is 6.66. The van der Waals surface area contributed by atoms with Crippen LogP contribution in [0.4, 0.5) is 0 Å². The molecular formula is C42H84N8O6. The third kappa shape index (κ3) is 33.3. The van der Waals surface area contributed by atoms with Crippen molar-refractivity contribution in [2.75, 3.05) is 32.7 Å². The number of nitrogens with one attached hydrogen (secondary N) is 4. The van der Waals surface area contributed by atoms with E-state index in [1.165, 1.54) is 12.8 Å². The molecule has 0 spiro atoms. The number of carbonyl (C=O) groups is 5. The molecule has 13 N–H and O–H groups in total. The second-order valence-corrected chi connectivity index (χ2v) is 15.5. The summed E-state index contributed by atoms with van der Waals surface area (Å²) in [5.41, 5.74) is 22.5. The molecule has 0 saturated heterocycles. The Bertz CT molecular complexity index is 1000. The number of hydrogen-bond acceptors (Lipinski definition) is 9. The van der Waals surface area contributed by atoms with Crippen molar-refractivity contribution >= 4 is 29.6 Å². The van der Waals surface area contributed by atoms with E-state index in [-0.39, 0.29) is 23.6 Å². The molecule has 0 aromatic carbocycles. The summed E-state index contributed by atoms with van der Waals surface area (Å²) in [6, 6.07) is -1.80. The summed E-state index contributed by atoms with van der Waals surface area (Å²) < 4.78 is 0. The van der Waals surface area contributed by atoms with Crippen molar-refractivity contribution in [2.24, 2.45) is 22.9 Å². The topological polar surface area (TPSA) is 258 Å². The minimum Gasteiger partial charge on any atom is -0.480 e. The molecule has 0 aromatic heterocycles. The van der Waals surface area contributed by atoms with Gasteiger partial charge in [0.2, 0.25) is 23.6 Å². The first kappa shape index (κ1) is 53.2. The average Bonchev–Trinajstić information content (AvgIpc) is 3.17. The first-order chi connectivity index (χ1) is 27.2. The second kappa shape index (κ2) is 39.0. The van der Waals surface area contributed by atoms with Gasteiger partial charge in [0, 0.05) is 25.9 Å². The SMILES string of the molecule is NCCCC[C@H](NC(=O)CCCCCCCCCCCNC(=O)[C@H](CCCCN)NC(=O)CCCCCCCCCCCNC(=O)[C@@H](N)CCCCN)C(=O)O. The molecule has 56 heavy (non-hydrogen) atoms. The van der Waals surface area contributed by atoms with E-state index in [0.29, 0.717) is 71.2 Å². The first-order valence-corrected chi connectivity index (χ1v) is 22.4. The van der Waals surface area contributed by atoms with E-state index in [2.05, 4.69) is 21.3 Å². The van der Waals surface area contributed by atoms with E-state index in [1.54, 1.807) is 0 Å². The quantitative estimate of drug-likeness (QED) is 0.0382. The number of nitrogens with two attached hydrogens (primary N) is 4. The number of unbranched alkanes of at least 4 members (excludes halogenated alkanes) is 19. The van der Waals surface area contributed by atoms with Crippen LogP contribution >= 0.6 is 0 Å². The molecule has 14 heteroatoms. The minimum absolute atomic E-state index is 0.0642. The predicted molar refractivity (Wildman–Crippen MR) is 227 cm³/mol. The number of carboxylic acids is 1. The lowest BCUT2D eigenvalue weighted by Gasteiger charge is -2.18. The molecule has 328 valence electrons. The van der Waals surface area contributed by atoms with Crippen molar-refractivity contribution in [3.05, 3.63) is 0 Å². The number of hydrogen-bond donors (Lipinski definition) is 9. The summed E-state index contributed by atoms with van der Waals surface area (Å²) in [5, 5.41) is 20.9. The fourth-order valence-electron chi connectivity index (χ4n) is 6.66. The lowest BCUT2D eigenvalue weighted by Crippen LogP contribution is -2.47. The van der Waals surface area contributed by atoms with Gasteiger partial charge in [-0.05, 0) is 96.7 Å². The van der Waals surface area contributed by atoms with Crippen molar-refractivity contribution in [1.82, 2.24) is 21.3 Å². The van der Waals surface area contributed by atoms with Crippen LogP contribution in [0.15, 0.2) is 0 Å². The first-order valence-electron chi connectivity index (χ1n) is 22.4. The molecule has 0 radical (unpaired) electrons. The van der Waals surface area contributed by atoms with Crippen LogP contribution in [0.5, 0.6) is 0 Å². The van der Waals surface area contributed by atoms with Gasteiger partial charge in [-0.2, -0.15) is 0 Å². The van der Waals surface area contributed by atoms with Crippen LogP contribution in [0.25, 0.3) is 0 Å². The highest BCUT2D eigenvalue weighted by atomic mass is 16.4. The number of rotatable bonds is 41. The number of carbonyl (C=O) groups excluding carboxylic acids is 4. The van der Waals surface area contributed by atoms with Crippen LogP contribution in [-0.4, -0.2) is 85.6 Å². The molecule has 0 aliphatic heterocycles. The standard InChI is InChI=1S/C42H84N8O6/c43-30-20-17-25-35(46)40(53)47-33-23-13-9-5-1-3-7-11-15-28-38(51)49-36(26-18-21-31-44)41(54)48-34-24-14-10-6-2-4-8-12-16-29-39(52)50-37(42(55)56)27-19-22-32-45/h35-37H,1-34,43-46H2,(H,47,53)(H,48,54)(H,49,51)(H,50,52)(H,55,56)/t35-,36-,37-/m0/s1. The number of amides is 4. The smallest absolute Gasteiger partial charge is 0.326 e. The molecule has 0 heterocycles. The van der Waals surface area contributed by atoms with E-state index in [4.69, 9.17) is 22.9 Å². The molecule has 0 aromatic rings. The summed E-state index contributed by atoms with van der Waals surface area (Å²) in [6.45, 7) is 2.98. The van der Waals surface area contributed by atoms with Crippen LogP contribution in [0, 0.1) is 0 Å². The van der Waals surface area contributed by atoms with Gasteiger partial charge in [-0.15, -0.1) is 0 Å². The Morgan fingerprint density at radius 2 is 0.750 bits per heavy atom. The summed E-state index contributed by atoms with van der Waals surface area (Å²) in [7, 11) is 0. The van der Waals surface area contributed by atoms with E-state index < -0.39 is 24.1 Å². The molecule has 3 atom stereocenters. The number of carboxylic acid groups (broad SMARTS) is 1. The molecule has 0 aliphatic carbocycles. The fraction of sp³-hybridized carbons (Fsp3) is 0.881. The maximum absolute atomic E-state index is 12.9. The minimum atomic E-state index is -0.995.